The molecule has 0 saturated carbocycles. The number of nitrogens with zero attached hydrogens (tertiary/aromatic N) is 2. The topological polar surface area (TPSA) is 34.1 Å². The van der Waals surface area contributed by atoms with Crippen LogP contribution in [0.2, 0.25) is 5.02 Å². The van der Waals surface area contributed by atoms with E-state index < -0.39 is 0 Å². The van der Waals surface area contributed by atoms with Gasteiger partial charge in [-0.15, -0.1) is 5.10 Å². The van der Waals surface area contributed by atoms with Gasteiger partial charge in [-0.25, -0.2) is 5.01 Å². The van der Waals surface area contributed by atoms with Crippen LogP contribution in [-0.4, -0.2) is 18.7 Å². The Balaban J connectivity index is 2.24. The Hall–Kier alpha value is -1.42. The van der Waals surface area contributed by atoms with Gasteiger partial charge in [-0.1, -0.05) is 32.4 Å². The van der Waals surface area contributed by atoms with Crippen LogP contribution in [-0.2, 0) is 4.74 Å². The number of halogens is 1. The number of hydrogen-bond acceptors (Lipinski definition) is 4. The fourth-order valence-electron chi connectivity index (χ4n) is 1.79. The van der Waals surface area contributed by atoms with Crippen LogP contribution in [0.4, 0.5) is 5.69 Å². The van der Waals surface area contributed by atoms with Crippen molar-refractivity contribution >= 4 is 23.2 Å². The van der Waals surface area contributed by atoms with Gasteiger partial charge in [-0.2, -0.15) is 0 Å². The third kappa shape index (κ3) is 3.37. The fourth-order valence-corrected chi connectivity index (χ4v) is 1.95. The van der Waals surface area contributed by atoms with Crippen LogP contribution < -0.4 is 9.75 Å². The molecule has 4 nitrogen and oxygen atoms in total. The van der Waals surface area contributed by atoms with Gasteiger partial charge in [0.25, 0.3) is 0 Å². The quantitative estimate of drug-likeness (QED) is 0.835. The number of benzene rings is 1. The first-order valence-electron chi connectivity index (χ1n) is 6.73. The van der Waals surface area contributed by atoms with Crippen molar-refractivity contribution in [3.8, 4) is 5.75 Å². The first-order valence-corrected chi connectivity index (χ1v) is 7.11. The number of ether oxygens (including phenoxy) is 2. The van der Waals surface area contributed by atoms with Gasteiger partial charge >= 0.3 is 0 Å². The highest BCUT2D eigenvalue weighted by Gasteiger charge is 2.28. The van der Waals surface area contributed by atoms with Crippen LogP contribution in [0.15, 0.2) is 23.3 Å². The summed E-state index contributed by atoms with van der Waals surface area (Å²) in [5.74, 6) is 1.40. The third-order valence-corrected chi connectivity index (χ3v) is 3.06. The Morgan fingerprint density at radius 2 is 2.05 bits per heavy atom. The van der Waals surface area contributed by atoms with E-state index in [2.05, 4.69) is 25.9 Å². The van der Waals surface area contributed by atoms with Crippen molar-refractivity contribution in [2.75, 3.05) is 11.7 Å². The highest BCUT2D eigenvalue weighted by Crippen LogP contribution is 2.32. The van der Waals surface area contributed by atoms with Gasteiger partial charge in [0.1, 0.15) is 5.75 Å². The first-order chi connectivity index (χ1) is 9.27. The summed E-state index contributed by atoms with van der Waals surface area (Å²) in [5.41, 5.74) is 0.808. The second-order valence-electron chi connectivity index (χ2n) is 6.11. The number of anilines is 1. The summed E-state index contributed by atoms with van der Waals surface area (Å²) in [5, 5.41) is 6.92. The van der Waals surface area contributed by atoms with E-state index in [0.29, 0.717) is 17.5 Å². The molecule has 0 radical (unpaired) electrons. The zero-order chi connectivity index (χ0) is 14.9. The first kappa shape index (κ1) is 15.0. The zero-order valence-electron chi connectivity index (χ0n) is 12.6. The Labute approximate surface area is 125 Å². The van der Waals surface area contributed by atoms with E-state index in [1.54, 1.807) is 0 Å². The molecule has 0 saturated heterocycles. The molecular formula is C15H21ClN2O2. The fraction of sp³-hybridized carbons (Fsp3) is 0.533. The summed E-state index contributed by atoms with van der Waals surface area (Å²) in [6, 6.07) is 5.62. The van der Waals surface area contributed by atoms with Crippen LogP contribution in [0.3, 0.4) is 0 Å². The molecule has 1 aliphatic rings. The van der Waals surface area contributed by atoms with Crippen LogP contribution in [0.1, 0.15) is 34.6 Å². The summed E-state index contributed by atoms with van der Waals surface area (Å²) in [7, 11) is 0. The van der Waals surface area contributed by atoms with E-state index >= 15 is 0 Å². The van der Waals surface area contributed by atoms with Gasteiger partial charge in [-0.05, 0) is 26.0 Å². The number of rotatable bonds is 3. The molecule has 0 aromatic heterocycles. The monoisotopic (exact) mass is 296 g/mol. The maximum Gasteiger partial charge on any atom is 0.213 e. The standard InChI is InChI=1S/C15H21ClN2O2/c1-10(2)20-13-8-11(6-7-12(13)16)18-9-19-14(17-18)15(3,4)5/h6-8,10H,9H2,1-5H3. The summed E-state index contributed by atoms with van der Waals surface area (Å²) >= 11 is 6.14. The van der Waals surface area contributed by atoms with Crippen molar-refractivity contribution in [2.24, 2.45) is 10.5 Å². The maximum absolute atomic E-state index is 6.14. The molecule has 0 spiro atoms. The lowest BCUT2D eigenvalue weighted by Crippen LogP contribution is -2.20. The van der Waals surface area contributed by atoms with E-state index in [1.807, 2.05) is 37.1 Å². The van der Waals surface area contributed by atoms with Crippen molar-refractivity contribution < 1.29 is 9.47 Å². The lowest BCUT2D eigenvalue weighted by molar-refractivity contribution is 0.242. The predicted molar refractivity (Wildman–Crippen MR) is 82.5 cm³/mol. The van der Waals surface area contributed by atoms with Crippen molar-refractivity contribution in [1.29, 1.82) is 0 Å². The van der Waals surface area contributed by atoms with Crippen molar-refractivity contribution in [1.82, 2.24) is 0 Å². The van der Waals surface area contributed by atoms with Gasteiger partial charge in [0.2, 0.25) is 5.90 Å². The normalized spacial score (nSPS) is 15.3. The Kier molecular flexibility index (Phi) is 4.14. The molecule has 1 aliphatic heterocycles. The summed E-state index contributed by atoms with van der Waals surface area (Å²) < 4.78 is 11.3. The molecule has 1 aromatic carbocycles. The molecule has 0 atom stereocenters. The van der Waals surface area contributed by atoms with E-state index in [4.69, 9.17) is 21.1 Å². The van der Waals surface area contributed by atoms with Crippen molar-refractivity contribution in [2.45, 2.75) is 40.7 Å². The van der Waals surface area contributed by atoms with Crippen LogP contribution in [0.5, 0.6) is 5.75 Å². The molecular weight excluding hydrogens is 276 g/mol. The van der Waals surface area contributed by atoms with Gasteiger partial charge in [0, 0.05) is 11.5 Å². The Bertz CT molecular complexity index is 521. The number of hydrazone groups is 1. The minimum absolute atomic E-state index is 0.0752. The maximum atomic E-state index is 6.14. The third-order valence-electron chi connectivity index (χ3n) is 2.75. The van der Waals surface area contributed by atoms with E-state index in [9.17, 15) is 0 Å². The molecule has 1 heterocycles. The van der Waals surface area contributed by atoms with Gasteiger partial charge in [0.05, 0.1) is 16.8 Å². The molecule has 0 unspecified atom stereocenters. The summed E-state index contributed by atoms with van der Waals surface area (Å²) in [4.78, 5) is 0. The minimum Gasteiger partial charge on any atom is -0.489 e. The average Bonchev–Trinajstić information content (AvgIpc) is 2.80. The zero-order valence-corrected chi connectivity index (χ0v) is 13.4. The highest BCUT2D eigenvalue weighted by atomic mass is 35.5. The molecule has 0 amide bonds. The molecule has 5 heteroatoms. The molecule has 2 rings (SSSR count). The molecule has 20 heavy (non-hydrogen) atoms. The lowest BCUT2D eigenvalue weighted by atomic mass is 9.97. The largest absolute Gasteiger partial charge is 0.489 e. The van der Waals surface area contributed by atoms with Gasteiger partial charge < -0.3 is 9.47 Å². The van der Waals surface area contributed by atoms with E-state index in [-0.39, 0.29) is 11.5 Å². The SMILES string of the molecule is CC(C)Oc1cc(N2COC(C(C)(C)C)=N2)ccc1Cl. The lowest BCUT2D eigenvalue weighted by Gasteiger charge is -2.16. The predicted octanol–water partition coefficient (Wildman–Crippen LogP) is 4.28. The minimum atomic E-state index is -0.0988. The van der Waals surface area contributed by atoms with Crippen molar-refractivity contribution in [3.05, 3.63) is 23.2 Å². The van der Waals surface area contributed by atoms with E-state index in [0.717, 1.165) is 11.6 Å². The van der Waals surface area contributed by atoms with E-state index in [1.165, 1.54) is 0 Å². The van der Waals surface area contributed by atoms with Gasteiger partial charge in [0.15, 0.2) is 6.73 Å². The number of hydrogen-bond donors (Lipinski definition) is 0. The molecule has 0 aliphatic carbocycles. The average molecular weight is 297 g/mol. The highest BCUT2D eigenvalue weighted by molar-refractivity contribution is 6.32. The Morgan fingerprint density at radius 3 is 2.60 bits per heavy atom. The summed E-state index contributed by atoms with van der Waals surface area (Å²) in [6.45, 7) is 10.6. The smallest absolute Gasteiger partial charge is 0.213 e. The molecule has 0 bridgehead atoms. The van der Waals surface area contributed by atoms with Crippen LogP contribution in [0.25, 0.3) is 0 Å². The van der Waals surface area contributed by atoms with Gasteiger partial charge in [-0.3, -0.25) is 0 Å². The molecule has 0 fully saturated rings. The molecule has 0 N–H and O–H groups in total. The van der Waals surface area contributed by atoms with Crippen LogP contribution in [0, 0.1) is 5.41 Å². The van der Waals surface area contributed by atoms with Crippen molar-refractivity contribution in [3.63, 3.8) is 0 Å². The molecule has 110 valence electrons. The summed E-state index contributed by atoms with van der Waals surface area (Å²) in [6.07, 6.45) is 0.0752. The second-order valence-corrected chi connectivity index (χ2v) is 6.52. The second kappa shape index (κ2) is 5.52. The Morgan fingerprint density at radius 1 is 1.35 bits per heavy atom. The molecule has 1 aromatic rings. The van der Waals surface area contributed by atoms with Crippen LogP contribution >= 0.6 is 11.6 Å².